The number of carboxylic acid groups (broad SMARTS) is 1. The van der Waals surface area contributed by atoms with Gasteiger partial charge in [-0.15, -0.1) is 0 Å². The highest BCUT2D eigenvalue weighted by Crippen LogP contribution is 2.48. The SMILES string of the molecule is CCCc1ccc(S(=O)(=O)Nc2ccc(C3(C(=O)NCCOC)CC3)cc2)cc1.O=C(O)C(F)(F)F. The van der Waals surface area contributed by atoms with Crippen molar-refractivity contribution in [2.45, 2.75) is 49.1 Å². The quantitative estimate of drug-likeness (QED) is 0.401. The Morgan fingerprint density at radius 3 is 2.06 bits per heavy atom. The molecule has 2 aromatic rings. The number of benzene rings is 2. The summed E-state index contributed by atoms with van der Waals surface area (Å²) in [5.74, 6) is -2.76. The zero-order chi connectivity index (χ0) is 27.0. The van der Waals surface area contributed by atoms with Crippen molar-refractivity contribution < 1.29 is 41.0 Å². The number of halogens is 3. The molecule has 0 atom stereocenters. The first-order chi connectivity index (χ1) is 16.9. The van der Waals surface area contributed by atoms with Gasteiger partial charge in [0, 0.05) is 19.3 Å². The van der Waals surface area contributed by atoms with Gasteiger partial charge in [-0.2, -0.15) is 13.2 Å². The summed E-state index contributed by atoms with van der Waals surface area (Å²) in [4.78, 5) is 21.6. The highest BCUT2D eigenvalue weighted by atomic mass is 32.2. The lowest BCUT2D eigenvalue weighted by molar-refractivity contribution is -0.192. The molecule has 0 heterocycles. The van der Waals surface area contributed by atoms with Gasteiger partial charge in [0.05, 0.1) is 16.9 Å². The van der Waals surface area contributed by atoms with Crippen molar-refractivity contribution in [2.24, 2.45) is 0 Å². The Bertz CT molecular complexity index is 1130. The Balaban J connectivity index is 0.000000572. The van der Waals surface area contributed by atoms with Crippen molar-refractivity contribution in [1.82, 2.24) is 5.32 Å². The second kappa shape index (κ2) is 12.2. The van der Waals surface area contributed by atoms with Gasteiger partial charge in [-0.05, 0) is 54.7 Å². The van der Waals surface area contributed by atoms with E-state index in [-0.39, 0.29) is 10.8 Å². The number of sulfonamides is 1. The molecule has 0 aliphatic heterocycles. The van der Waals surface area contributed by atoms with Gasteiger partial charge in [0.1, 0.15) is 0 Å². The van der Waals surface area contributed by atoms with E-state index in [1.54, 1.807) is 31.4 Å². The molecule has 1 saturated carbocycles. The molecule has 0 bridgehead atoms. The number of ether oxygens (including phenoxy) is 1. The average Bonchev–Trinajstić information content (AvgIpc) is 3.62. The molecule has 2 aromatic carbocycles. The Morgan fingerprint density at radius 2 is 1.61 bits per heavy atom. The molecule has 0 unspecified atom stereocenters. The number of alkyl halides is 3. The Kier molecular flexibility index (Phi) is 9.88. The number of anilines is 1. The van der Waals surface area contributed by atoms with Gasteiger partial charge < -0.3 is 15.2 Å². The molecule has 1 aliphatic carbocycles. The fourth-order valence-corrected chi connectivity index (χ4v) is 4.46. The minimum Gasteiger partial charge on any atom is -0.475 e. The van der Waals surface area contributed by atoms with Crippen LogP contribution in [0.15, 0.2) is 53.4 Å². The number of rotatable bonds is 10. The van der Waals surface area contributed by atoms with E-state index in [1.807, 2.05) is 24.3 Å². The number of carbonyl (C=O) groups excluding carboxylic acids is 1. The molecule has 36 heavy (non-hydrogen) atoms. The van der Waals surface area contributed by atoms with Gasteiger partial charge >= 0.3 is 12.1 Å². The average molecular weight is 531 g/mol. The monoisotopic (exact) mass is 530 g/mol. The fourth-order valence-electron chi connectivity index (χ4n) is 3.40. The van der Waals surface area contributed by atoms with Crippen LogP contribution in [-0.4, -0.2) is 51.8 Å². The second-order valence-corrected chi connectivity index (χ2v) is 9.89. The summed E-state index contributed by atoms with van der Waals surface area (Å²) in [5, 5.41) is 10.0. The van der Waals surface area contributed by atoms with E-state index in [4.69, 9.17) is 14.6 Å². The van der Waals surface area contributed by atoms with Crippen LogP contribution in [0.5, 0.6) is 0 Å². The number of nitrogens with one attached hydrogen (secondary N) is 2. The highest BCUT2D eigenvalue weighted by molar-refractivity contribution is 7.92. The zero-order valence-electron chi connectivity index (χ0n) is 19.9. The van der Waals surface area contributed by atoms with E-state index in [9.17, 15) is 26.4 Å². The summed E-state index contributed by atoms with van der Waals surface area (Å²) >= 11 is 0. The van der Waals surface area contributed by atoms with Crippen LogP contribution in [0.1, 0.15) is 37.3 Å². The number of hydrogen-bond donors (Lipinski definition) is 3. The van der Waals surface area contributed by atoms with Crippen LogP contribution in [-0.2, 0) is 36.2 Å². The molecule has 0 radical (unpaired) electrons. The number of hydrogen-bond acceptors (Lipinski definition) is 5. The minimum absolute atomic E-state index is 0.00458. The summed E-state index contributed by atoms with van der Waals surface area (Å²) in [7, 11) is -2.06. The van der Waals surface area contributed by atoms with Gasteiger partial charge in [-0.3, -0.25) is 9.52 Å². The van der Waals surface area contributed by atoms with Crippen LogP contribution in [0, 0.1) is 0 Å². The second-order valence-electron chi connectivity index (χ2n) is 8.21. The van der Waals surface area contributed by atoms with Crippen LogP contribution in [0.25, 0.3) is 0 Å². The van der Waals surface area contributed by atoms with Crippen molar-refractivity contribution in [2.75, 3.05) is 25.0 Å². The fraction of sp³-hybridized carbons (Fsp3) is 0.417. The first-order valence-corrected chi connectivity index (χ1v) is 12.6. The number of carboxylic acids is 1. The van der Waals surface area contributed by atoms with E-state index in [1.165, 1.54) is 0 Å². The van der Waals surface area contributed by atoms with Crippen molar-refractivity contribution in [3.05, 3.63) is 59.7 Å². The zero-order valence-corrected chi connectivity index (χ0v) is 20.7. The number of aliphatic carboxylic acids is 1. The van der Waals surface area contributed by atoms with Crippen molar-refractivity contribution in [1.29, 1.82) is 0 Å². The number of aryl methyl sites for hydroxylation is 1. The first-order valence-electron chi connectivity index (χ1n) is 11.2. The summed E-state index contributed by atoms with van der Waals surface area (Å²) in [6.07, 6.45) is -1.55. The highest BCUT2D eigenvalue weighted by Gasteiger charge is 2.51. The predicted octanol–water partition coefficient (Wildman–Crippen LogP) is 3.87. The third kappa shape index (κ3) is 7.95. The predicted molar refractivity (Wildman–Crippen MR) is 127 cm³/mol. The van der Waals surface area contributed by atoms with E-state index >= 15 is 0 Å². The molecule has 1 fully saturated rings. The van der Waals surface area contributed by atoms with Gasteiger partial charge in [0.2, 0.25) is 5.91 Å². The van der Waals surface area contributed by atoms with Gasteiger partial charge in [0.15, 0.2) is 0 Å². The van der Waals surface area contributed by atoms with Gasteiger partial charge in [-0.25, -0.2) is 13.2 Å². The van der Waals surface area contributed by atoms with E-state index in [2.05, 4.69) is 17.0 Å². The largest absolute Gasteiger partial charge is 0.490 e. The van der Waals surface area contributed by atoms with Crippen LogP contribution in [0.3, 0.4) is 0 Å². The van der Waals surface area contributed by atoms with E-state index in [0.29, 0.717) is 18.8 Å². The molecule has 0 saturated heterocycles. The normalized spacial score (nSPS) is 14.2. The first kappa shape index (κ1) is 29.1. The van der Waals surface area contributed by atoms with Crippen LogP contribution in [0.2, 0.25) is 0 Å². The third-order valence-corrected chi connectivity index (χ3v) is 6.88. The molecule has 1 amide bonds. The molecule has 3 N–H and O–H groups in total. The Labute approximate surface area is 207 Å². The van der Waals surface area contributed by atoms with Gasteiger partial charge in [0.25, 0.3) is 10.0 Å². The molecule has 0 spiro atoms. The summed E-state index contributed by atoms with van der Waals surface area (Å²) in [6, 6.07) is 14.0. The maximum Gasteiger partial charge on any atom is 0.490 e. The lowest BCUT2D eigenvalue weighted by Crippen LogP contribution is -2.36. The number of carbonyl (C=O) groups is 2. The maximum atomic E-state index is 12.6. The van der Waals surface area contributed by atoms with Crippen molar-refractivity contribution >= 4 is 27.6 Å². The topological polar surface area (TPSA) is 122 Å². The number of amides is 1. The lowest BCUT2D eigenvalue weighted by atomic mass is 9.95. The molecule has 1 aliphatic rings. The molecule has 12 heteroatoms. The molecular formula is C24H29F3N2O6S. The molecule has 198 valence electrons. The Morgan fingerprint density at radius 1 is 1.06 bits per heavy atom. The van der Waals surface area contributed by atoms with Gasteiger partial charge in [-0.1, -0.05) is 37.6 Å². The van der Waals surface area contributed by atoms with Crippen LogP contribution < -0.4 is 10.0 Å². The Hall–Kier alpha value is -3.12. The molecule has 3 rings (SSSR count). The summed E-state index contributed by atoms with van der Waals surface area (Å²) in [6.45, 7) is 3.04. The summed E-state index contributed by atoms with van der Waals surface area (Å²) < 4.78 is 64.6. The standard InChI is InChI=1S/C22H28N2O4S.C2HF3O2/c1-3-4-17-5-11-20(12-6-17)29(26,27)24-19-9-7-18(8-10-19)22(13-14-22)21(25)23-15-16-28-2;3-2(4,5)1(6)7/h5-12,24H,3-4,13-16H2,1-2H3,(H,23,25);(H,6,7). The van der Waals surface area contributed by atoms with Crippen molar-refractivity contribution in [3.8, 4) is 0 Å². The van der Waals surface area contributed by atoms with Crippen LogP contribution >= 0.6 is 0 Å². The maximum absolute atomic E-state index is 12.6. The molecule has 8 nitrogen and oxygen atoms in total. The number of methoxy groups -OCH3 is 1. The third-order valence-electron chi connectivity index (χ3n) is 5.48. The summed E-state index contributed by atoms with van der Waals surface area (Å²) in [5.41, 5.74) is 2.00. The smallest absolute Gasteiger partial charge is 0.475 e. The molecular weight excluding hydrogens is 501 g/mol. The lowest BCUT2D eigenvalue weighted by Gasteiger charge is -2.16. The van der Waals surface area contributed by atoms with E-state index in [0.717, 1.165) is 36.8 Å². The van der Waals surface area contributed by atoms with Crippen LogP contribution in [0.4, 0.5) is 18.9 Å². The molecule has 0 aromatic heterocycles. The van der Waals surface area contributed by atoms with E-state index < -0.39 is 27.6 Å². The van der Waals surface area contributed by atoms with Crippen molar-refractivity contribution in [3.63, 3.8) is 0 Å². The minimum atomic E-state index is -5.08.